The third kappa shape index (κ3) is 0.977. The summed E-state index contributed by atoms with van der Waals surface area (Å²) in [5.74, 6) is 2.53. The number of hydrogen-bond acceptors (Lipinski definition) is 2. The van der Waals surface area contributed by atoms with Crippen LogP contribution in [0.5, 0.6) is 11.5 Å². The Morgan fingerprint density at radius 1 is 1.19 bits per heavy atom. The Bertz CT molecular complexity index is 452. The molecule has 0 aromatic heterocycles. The Morgan fingerprint density at radius 3 is 3.06 bits per heavy atom. The SMILES string of the molecule is Oc1ccc2c3c1OC1CCCC(CC2)C31. The number of phenols is 1. The van der Waals surface area contributed by atoms with Crippen LogP contribution in [0.4, 0.5) is 0 Å². The van der Waals surface area contributed by atoms with Crippen LogP contribution < -0.4 is 4.74 Å². The van der Waals surface area contributed by atoms with Crippen molar-refractivity contribution in [3.05, 3.63) is 23.3 Å². The molecule has 0 amide bonds. The highest BCUT2D eigenvalue weighted by Crippen LogP contribution is 2.56. The standard InChI is InChI=1S/C14H16O2/c15-10-7-6-9-5-4-8-2-1-3-11-12(8)13(9)14(10)16-11/h6-8,11-12,15H,1-5H2. The first kappa shape index (κ1) is 8.91. The highest BCUT2D eigenvalue weighted by molar-refractivity contribution is 5.56. The lowest BCUT2D eigenvalue weighted by Crippen LogP contribution is -2.32. The van der Waals surface area contributed by atoms with Crippen molar-refractivity contribution < 1.29 is 9.84 Å². The van der Waals surface area contributed by atoms with Crippen LogP contribution in [0, 0.1) is 5.92 Å². The normalized spacial score (nSPS) is 34.4. The molecule has 0 saturated heterocycles. The Balaban J connectivity index is 1.94. The van der Waals surface area contributed by atoms with E-state index in [1.54, 1.807) is 6.07 Å². The van der Waals surface area contributed by atoms with Crippen LogP contribution in [-0.2, 0) is 6.42 Å². The smallest absolute Gasteiger partial charge is 0.165 e. The van der Waals surface area contributed by atoms with Gasteiger partial charge in [0, 0.05) is 11.5 Å². The van der Waals surface area contributed by atoms with E-state index >= 15 is 0 Å². The van der Waals surface area contributed by atoms with Crippen LogP contribution in [0.1, 0.15) is 42.7 Å². The number of phenolic OH excluding ortho intramolecular Hbond substituents is 1. The molecule has 2 nitrogen and oxygen atoms in total. The Labute approximate surface area is 95.2 Å². The summed E-state index contributed by atoms with van der Waals surface area (Å²) >= 11 is 0. The van der Waals surface area contributed by atoms with Gasteiger partial charge in [0.25, 0.3) is 0 Å². The van der Waals surface area contributed by atoms with E-state index in [4.69, 9.17) is 4.74 Å². The minimum atomic E-state index is 0.341. The van der Waals surface area contributed by atoms with Crippen LogP contribution in [0.25, 0.3) is 0 Å². The lowest BCUT2D eigenvalue weighted by atomic mass is 9.68. The molecule has 3 aliphatic rings. The van der Waals surface area contributed by atoms with Gasteiger partial charge in [0.05, 0.1) is 0 Å². The van der Waals surface area contributed by atoms with Crippen LogP contribution in [0.15, 0.2) is 12.1 Å². The van der Waals surface area contributed by atoms with E-state index in [-0.39, 0.29) is 0 Å². The molecular weight excluding hydrogens is 200 g/mol. The van der Waals surface area contributed by atoms with E-state index in [0.717, 1.165) is 18.1 Å². The fraction of sp³-hybridized carbons (Fsp3) is 0.571. The summed E-state index contributed by atoms with van der Waals surface area (Å²) in [6, 6.07) is 3.89. The van der Waals surface area contributed by atoms with Gasteiger partial charge in [-0.1, -0.05) is 6.07 Å². The molecule has 1 heterocycles. The molecule has 2 aliphatic carbocycles. The van der Waals surface area contributed by atoms with Gasteiger partial charge in [-0.25, -0.2) is 0 Å². The number of aromatic hydroxyl groups is 1. The second-order valence-corrected chi connectivity index (χ2v) is 5.40. The topological polar surface area (TPSA) is 29.5 Å². The van der Waals surface area contributed by atoms with Gasteiger partial charge in [0.1, 0.15) is 6.10 Å². The summed E-state index contributed by atoms with van der Waals surface area (Å²) in [6.45, 7) is 0. The summed E-state index contributed by atoms with van der Waals surface area (Å²) in [6.07, 6.45) is 6.62. The first-order valence-corrected chi connectivity index (χ1v) is 6.36. The summed E-state index contributed by atoms with van der Waals surface area (Å²) < 4.78 is 5.98. The number of rotatable bonds is 0. The third-order valence-corrected chi connectivity index (χ3v) is 4.62. The Hall–Kier alpha value is -1.18. The molecule has 3 atom stereocenters. The number of ether oxygens (including phenoxy) is 1. The number of benzene rings is 1. The molecule has 1 aromatic rings. The maximum absolute atomic E-state index is 9.89. The van der Waals surface area contributed by atoms with Gasteiger partial charge < -0.3 is 9.84 Å². The molecule has 84 valence electrons. The second kappa shape index (κ2) is 2.93. The predicted octanol–water partition coefficient (Wildman–Crippen LogP) is 2.98. The minimum Gasteiger partial charge on any atom is -0.504 e. The van der Waals surface area contributed by atoms with E-state index < -0.39 is 0 Å². The Morgan fingerprint density at radius 2 is 2.12 bits per heavy atom. The third-order valence-electron chi connectivity index (χ3n) is 4.62. The van der Waals surface area contributed by atoms with E-state index in [2.05, 4.69) is 6.07 Å². The van der Waals surface area contributed by atoms with Gasteiger partial charge in [-0.15, -0.1) is 0 Å². The maximum atomic E-state index is 9.89. The lowest BCUT2D eigenvalue weighted by molar-refractivity contribution is 0.118. The van der Waals surface area contributed by atoms with E-state index in [1.807, 2.05) is 0 Å². The summed E-state index contributed by atoms with van der Waals surface area (Å²) in [5, 5.41) is 9.89. The van der Waals surface area contributed by atoms with Gasteiger partial charge in [0.15, 0.2) is 11.5 Å². The van der Waals surface area contributed by atoms with Gasteiger partial charge >= 0.3 is 0 Å². The van der Waals surface area contributed by atoms with Crippen molar-refractivity contribution >= 4 is 0 Å². The fourth-order valence-electron chi connectivity index (χ4n) is 3.95. The van der Waals surface area contributed by atoms with Crippen molar-refractivity contribution in [2.45, 2.75) is 44.1 Å². The van der Waals surface area contributed by atoms with Crippen molar-refractivity contribution in [1.29, 1.82) is 0 Å². The van der Waals surface area contributed by atoms with Crippen LogP contribution in [0.3, 0.4) is 0 Å². The second-order valence-electron chi connectivity index (χ2n) is 5.40. The van der Waals surface area contributed by atoms with Gasteiger partial charge in [-0.05, 0) is 49.7 Å². The molecule has 1 N–H and O–H groups in total. The largest absolute Gasteiger partial charge is 0.504 e. The van der Waals surface area contributed by atoms with Crippen molar-refractivity contribution in [2.75, 3.05) is 0 Å². The summed E-state index contributed by atoms with van der Waals surface area (Å²) in [7, 11) is 0. The van der Waals surface area contributed by atoms with E-state index in [0.29, 0.717) is 17.8 Å². The highest BCUT2D eigenvalue weighted by atomic mass is 16.5. The predicted molar refractivity (Wildman–Crippen MR) is 60.9 cm³/mol. The zero-order valence-electron chi connectivity index (χ0n) is 9.28. The lowest BCUT2D eigenvalue weighted by Gasteiger charge is -2.36. The van der Waals surface area contributed by atoms with Crippen LogP contribution >= 0.6 is 0 Å². The minimum absolute atomic E-state index is 0.341. The highest BCUT2D eigenvalue weighted by Gasteiger charge is 2.46. The van der Waals surface area contributed by atoms with Crippen molar-refractivity contribution in [3.63, 3.8) is 0 Å². The summed E-state index contributed by atoms with van der Waals surface area (Å²) in [5.41, 5.74) is 2.76. The van der Waals surface area contributed by atoms with Crippen LogP contribution in [0.2, 0.25) is 0 Å². The molecule has 1 fully saturated rings. The van der Waals surface area contributed by atoms with Gasteiger partial charge in [0.2, 0.25) is 0 Å². The molecule has 1 aromatic carbocycles. The van der Waals surface area contributed by atoms with E-state index in [1.165, 1.54) is 36.8 Å². The van der Waals surface area contributed by atoms with Crippen LogP contribution in [-0.4, -0.2) is 11.2 Å². The zero-order valence-corrected chi connectivity index (χ0v) is 9.28. The molecule has 1 saturated carbocycles. The van der Waals surface area contributed by atoms with E-state index in [9.17, 15) is 5.11 Å². The molecule has 16 heavy (non-hydrogen) atoms. The first-order valence-electron chi connectivity index (χ1n) is 6.36. The molecule has 0 spiro atoms. The van der Waals surface area contributed by atoms with Crippen molar-refractivity contribution in [2.24, 2.45) is 5.92 Å². The average molecular weight is 216 g/mol. The molecule has 2 heteroatoms. The molecule has 4 rings (SSSR count). The quantitative estimate of drug-likeness (QED) is 0.722. The number of hydrogen-bond donors (Lipinski definition) is 1. The fourth-order valence-corrected chi connectivity index (χ4v) is 3.95. The number of aryl methyl sites for hydroxylation is 1. The van der Waals surface area contributed by atoms with Crippen molar-refractivity contribution in [3.8, 4) is 11.5 Å². The monoisotopic (exact) mass is 216 g/mol. The molecule has 3 unspecified atom stereocenters. The van der Waals surface area contributed by atoms with Gasteiger partial charge in [-0.3, -0.25) is 0 Å². The average Bonchev–Trinajstić information content (AvgIpc) is 2.70. The zero-order chi connectivity index (χ0) is 10.7. The maximum Gasteiger partial charge on any atom is 0.165 e. The molecular formula is C14H16O2. The molecule has 1 aliphatic heterocycles. The first-order chi connectivity index (χ1) is 7.84. The summed E-state index contributed by atoms with van der Waals surface area (Å²) in [4.78, 5) is 0. The molecule has 0 bridgehead atoms. The Kier molecular flexibility index (Phi) is 1.63. The van der Waals surface area contributed by atoms with Gasteiger partial charge in [-0.2, -0.15) is 0 Å². The molecule has 0 radical (unpaired) electrons. The van der Waals surface area contributed by atoms with Crippen molar-refractivity contribution in [1.82, 2.24) is 0 Å².